The number of aliphatic carboxylic acids is 2. The number of hydrogen-bond donors (Lipinski definition) is 34. The fourth-order valence-corrected chi connectivity index (χ4v) is 18.0. The molecule has 11 rings (SSSR count). The number of aliphatic hydroxyl groups excluding tert-OH is 30. The molecule has 57 atom stereocenters. The number of ether oxygens (including phenoxy) is 21. The van der Waals surface area contributed by atoms with Crippen LogP contribution < -0.4 is 11.5 Å². The quantitative estimate of drug-likeness (QED) is 0.0275. The number of nitrogens with two attached hydrogens (primary N) is 2. The summed E-state index contributed by atoms with van der Waals surface area (Å²) in [5.74, 6) is -14.7. The first kappa shape index (κ1) is 111. The topological polar surface area (TPSA) is 927 Å². The van der Waals surface area contributed by atoms with Gasteiger partial charge in [-0.3, -0.25) is 0 Å². The lowest BCUT2D eigenvalue weighted by atomic mass is 9.88. The Morgan fingerprint density at radius 2 is 0.590 bits per heavy atom. The summed E-state index contributed by atoms with van der Waals surface area (Å²) in [5, 5.41) is 354. The second-order valence-electron chi connectivity index (χ2n) is 35.7. The highest BCUT2D eigenvalue weighted by atomic mass is 16.8. The summed E-state index contributed by atoms with van der Waals surface area (Å²) in [4.78, 5) is 25.7. The van der Waals surface area contributed by atoms with Crippen molar-refractivity contribution in [2.45, 2.75) is 372 Å². The van der Waals surface area contributed by atoms with E-state index in [1.807, 2.05) is 0 Å². The summed E-state index contributed by atoms with van der Waals surface area (Å²) >= 11 is 0. The predicted molar refractivity (Wildman–Crippen MR) is 417 cm³/mol. The van der Waals surface area contributed by atoms with Crippen LogP contribution in [0.25, 0.3) is 0 Å². The van der Waals surface area contributed by atoms with Gasteiger partial charge < -0.3 is 274 Å². The predicted octanol–water partition coefficient (Wildman–Crippen LogP) is -20.5. The number of aliphatic hydroxyl groups is 30. The van der Waals surface area contributed by atoms with E-state index in [4.69, 9.17) is 111 Å². The summed E-state index contributed by atoms with van der Waals surface area (Å²) in [5.41, 5.74) is 11.9. The lowest BCUT2D eigenvalue weighted by Crippen LogP contribution is -2.68. The molecule has 0 aromatic carbocycles. The van der Waals surface area contributed by atoms with Gasteiger partial charge in [0.2, 0.25) is 0 Å². The maximum atomic E-state index is 12.8. The third-order valence-corrected chi connectivity index (χ3v) is 26.8. The molecule has 11 aliphatic rings. The second-order valence-corrected chi connectivity index (χ2v) is 35.7. The minimum atomic E-state index is -2.97. The number of carbonyl (C=O) groups is 2. The molecule has 0 amide bonds. The first-order valence-electron chi connectivity index (χ1n) is 43.7. The molecule has 0 aromatic heterocycles. The fraction of sp³-hybridized carbons (Fsp3) is 0.974. The van der Waals surface area contributed by atoms with Gasteiger partial charge in [0.1, 0.15) is 208 Å². The fourth-order valence-electron chi connectivity index (χ4n) is 18.0. The van der Waals surface area contributed by atoms with E-state index in [9.17, 15) is 173 Å². The van der Waals surface area contributed by atoms with Gasteiger partial charge in [0.15, 0.2) is 50.3 Å². The van der Waals surface area contributed by atoms with Crippen molar-refractivity contribution >= 4 is 11.9 Å². The number of carboxylic acid groups (broad SMARTS) is 2. The van der Waals surface area contributed by atoms with Gasteiger partial charge in [-0.05, 0) is 6.92 Å². The number of rotatable bonds is 37. The lowest BCUT2D eigenvalue weighted by Gasteiger charge is -2.51. The smallest absolute Gasteiger partial charge is 0.364 e. The minimum Gasteiger partial charge on any atom is -0.477 e. The number of hydrogen-bond acceptors (Lipinski definition) is 55. The van der Waals surface area contributed by atoms with Gasteiger partial charge in [-0.25, -0.2) is 9.59 Å². The zero-order valence-electron chi connectivity index (χ0n) is 72.8. The highest BCUT2D eigenvalue weighted by Crippen LogP contribution is 2.44. The van der Waals surface area contributed by atoms with Gasteiger partial charge in [0.25, 0.3) is 11.6 Å². The Hall–Kier alpha value is -3.18. The van der Waals surface area contributed by atoms with Crippen LogP contribution in [0.5, 0.6) is 0 Å². The molecule has 134 heavy (non-hydrogen) atoms. The summed E-state index contributed by atoms with van der Waals surface area (Å²) in [6, 6.07) is -3.17. The van der Waals surface area contributed by atoms with Gasteiger partial charge in [-0.1, -0.05) is 27.7 Å². The first-order chi connectivity index (χ1) is 63.2. The molecule has 11 saturated heterocycles. The molecule has 0 aromatic rings. The van der Waals surface area contributed by atoms with Crippen molar-refractivity contribution in [3.63, 3.8) is 0 Å². The Morgan fingerprint density at radius 3 is 0.940 bits per heavy atom. The van der Waals surface area contributed by atoms with Crippen LogP contribution in [0.3, 0.4) is 0 Å². The normalized spacial score (nSPS) is 50.9. The van der Waals surface area contributed by atoms with Gasteiger partial charge in [-0.2, -0.15) is 0 Å². The highest BCUT2D eigenvalue weighted by molar-refractivity contribution is 5.76. The largest absolute Gasteiger partial charge is 0.477 e. The maximum Gasteiger partial charge on any atom is 0.364 e. The van der Waals surface area contributed by atoms with E-state index < -0.39 is 445 Å². The number of carboxylic acids is 2. The molecule has 0 spiro atoms. The molecule has 22 unspecified atom stereocenters. The van der Waals surface area contributed by atoms with Crippen molar-refractivity contribution in [3.8, 4) is 0 Å². The Balaban J connectivity index is 0.829. The molecular formula is C77H132N2O55. The van der Waals surface area contributed by atoms with Crippen LogP contribution in [0, 0.1) is 23.7 Å². The zero-order valence-corrected chi connectivity index (χ0v) is 72.8. The molecule has 11 fully saturated rings. The molecule has 0 bridgehead atoms. The summed E-state index contributed by atoms with van der Waals surface area (Å²) in [6.07, 6.45) is -98.7. The van der Waals surface area contributed by atoms with Crippen molar-refractivity contribution in [1.29, 1.82) is 0 Å². The van der Waals surface area contributed by atoms with Crippen LogP contribution in [-0.2, 0) is 109 Å². The van der Waals surface area contributed by atoms with Crippen LogP contribution >= 0.6 is 0 Å². The SMILES string of the molecule is CC1C(O)[C@H](O[C@@H]2OC(CO[C@H]3OC(CO)[C@@H](O)C(O)[C@H]3O[C@@H]3O[C@@H](CO)[C@@H](O[C@@H]4OC(CO[C@]5(C(=O)O)C[C@@H](O)[C@@H](N)C([C@H](O)[C@H](O)CO)O5)[C@H](O)C(O)[C@@H]4O)C(O)C3C)[C@@H](O)C(O[C@H]3O[C@H](CO)[C@@H](O)C(O)C3O[C@@H]3OC(CO)[C@@H](O[C@@H]4OC(CO[C@]5(C(=O)O)C[C@@H](O)[C@@H](N)C([C@H](O)[C@H](O)CO)O5)[C@H](O)C(O)[C@@H]4O)C(O)[C@@H]3C)[C@H]2O)C(CO)O[C@H]1O[C@@H]1C(CO)O[C@@H](C)C(C)C1O. The molecule has 36 N–H and O–H groups in total. The Bertz CT molecular complexity index is 3610. The van der Waals surface area contributed by atoms with Crippen LogP contribution in [0.15, 0.2) is 0 Å². The monoisotopic (exact) mass is 1960 g/mol. The molecule has 0 radical (unpaired) electrons. The van der Waals surface area contributed by atoms with Crippen molar-refractivity contribution in [2.75, 3.05) is 72.7 Å². The van der Waals surface area contributed by atoms with E-state index in [2.05, 4.69) is 0 Å². The Labute approximate surface area is 761 Å². The van der Waals surface area contributed by atoms with Crippen LogP contribution in [-0.4, -0.2) is 572 Å². The first-order valence-corrected chi connectivity index (χ1v) is 43.7. The molecule has 780 valence electrons. The molecular weight excluding hydrogens is 1830 g/mol. The van der Waals surface area contributed by atoms with Crippen molar-refractivity contribution in [1.82, 2.24) is 0 Å². The lowest BCUT2D eigenvalue weighted by molar-refractivity contribution is -0.402. The van der Waals surface area contributed by atoms with Gasteiger partial charge >= 0.3 is 11.9 Å². The van der Waals surface area contributed by atoms with Crippen molar-refractivity contribution in [3.05, 3.63) is 0 Å². The van der Waals surface area contributed by atoms with Crippen molar-refractivity contribution in [2.24, 2.45) is 35.1 Å². The second kappa shape index (κ2) is 47.1. The average Bonchev–Trinajstić information content (AvgIpc) is 0.784. The molecule has 57 heteroatoms. The average molecular weight is 1970 g/mol. The molecule has 11 aliphatic heterocycles. The summed E-state index contributed by atoms with van der Waals surface area (Å²) in [6.45, 7) is -4.65. The zero-order chi connectivity index (χ0) is 99.0. The van der Waals surface area contributed by atoms with Crippen molar-refractivity contribution < 1.29 is 272 Å². The summed E-state index contributed by atoms with van der Waals surface area (Å²) in [7, 11) is 0. The van der Waals surface area contributed by atoms with Gasteiger partial charge in [0, 0.05) is 36.5 Å². The third-order valence-electron chi connectivity index (χ3n) is 26.8. The highest BCUT2D eigenvalue weighted by Gasteiger charge is 2.63. The maximum absolute atomic E-state index is 12.8. The van der Waals surface area contributed by atoms with E-state index >= 15 is 0 Å². The molecule has 0 aliphatic carbocycles. The van der Waals surface area contributed by atoms with Gasteiger partial charge in [0.05, 0.1) is 127 Å². The minimum absolute atomic E-state index is 0.584. The molecule has 11 heterocycles. The van der Waals surface area contributed by atoms with E-state index in [0.717, 1.165) is 0 Å². The Kier molecular flexibility index (Phi) is 39.1. The van der Waals surface area contributed by atoms with Gasteiger partial charge in [-0.15, -0.1) is 0 Å². The molecule has 0 saturated carbocycles. The Morgan fingerprint density at radius 1 is 0.306 bits per heavy atom. The van der Waals surface area contributed by atoms with Crippen LogP contribution in [0.4, 0.5) is 0 Å². The third kappa shape index (κ3) is 23.1. The van der Waals surface area contributed by atoms with Crippen LogP contribution in [0.2, 0.25) is 0 Å². The van der Waals surface area contributed by atoms with Crippen LogP contribution in [0.1, 0.15) is 47.5 Å². The van der Waals surface area contributed by atoms with E-state index in [0.29, 0.717) is 0 Å². The van der Waals surface area contributed by atoms with E-state index in [1.165, 1.54) is 20.8 Å². The summed E-state index contributed by atoms with van der Waals surface area (Å²) < 4.78 is 125. The standard InChI is InChI=1S/C77H132N2O55/c1-19-23(5)117-30(12-84)57(39(19)92)126-66-20(2)40(93)60(33(15-87)120-66)129-71-56(109)63(130-73-65(53(106)46(99)29(11-83)119-73)132-68-22(4)42(95)59(32(14-86)122-68)128-70-55(108)51(104)48(101)36(125-70)18-116-77(75(112)113)7-25(89)38(79)62(134-77)44(97)27(91)9-81)49(102)34(123-71)16-114-72-64(52(105)45(98)28(10-82)118-72)131-67-21(3)41(94)58(31(13-85)121-67)127-69-54(107)50(103)47(100)35(124-69)17-115-76(74(110)111)6-24(88)37(78)61(133-76)43(96)26(90)8-80/h19-73,80-109H,6-18,78-79H2,1-5H3,(H,110,111)(H,112,113)/t19?,20?,21?,22-,23-,24+,25+,26+,27+,28?,29+,30?,31-,32?,33?,34?,35?,36?,37+,38+,39?,40?,41?,42?,43+,44+,45+,46+,47-,48-,49+,50?,51?,52?,53?,54-,55-,56+,57+,58+,59+,60+,61?,62?,63?,64+,65?,66-,67-,68-,69-,70-,71-,72-,73+,76+,77+/m0/s1. The molecule has 57 nitrogen and oxygen atoms in total. The van der Waals surface area contributed by atoms with E-state index in [-0.39, 0.29) is 0 Å². The van der Waals surface area contributed by atoms with E-state index in [1.54, 1.807) is 13.8 Å².